The topological polar surface area (TPSA) is 24.8 Å². The van der Waals surface area contributed by atoms with Crippen molar-refractivity contribution < 1.29 is 16.1 Å². The van der Waals surface area contributed by atoms with Gasteiger partial charge in [-0.05, 0) is 49.2 Å². The molecule has 0 unspecified atom stereocenters. The van der Waals surface area contributed by atoms with Crippen molar-refractivity contribution in [2.24, 2.45) is 4.99 Å². The third kappa shape index (κ3) is 11.7. The predicted octanol–water partition coefficient (Wildman–Crippen LogP) is 9.76. The molecule has 5 rings (SSSR count). The summed E-state index contributed by atoms with van der Waals surface area (Å²) in [5, 5.41) is 2.69. The fourth-order valence-corrected chi connectivity index (χ4v) is 7.03. The number of halogens is 3. The number of para-hydroxylation sites is 1. The Labute approximate surface area is 270 Å². The van der Waals surface area contributed by atoms with E-state index in [2.05, 4.69) is 135 Å². The van der Waals surface area contributed by atoms with Crippen molar-refractivity contribution in [1.29, 1.82) is 0 Å². The second-order valence-corrected chi connectivity index (χ2v) is 18.5. The number of hydrogen-bond acceptors (Lipinski definition) is 2. The molecule has 0 saturated carbocycles. The van der Waals surface area contributed by atoms with Crippen LogP contribution >= 0.6 is 38.2 Å². The van der Waals surface area contributed by atoms with Crippen LogP contribution in [0.3, 0.4) is 0 Å². The Morgan fingerprint density at radius 3 is 1.88 bits per heavy atom. The molecule has 222 valence electrons. The zero-order valence-corrected chi connectivity index (χ0v) is 28.9. The number of aliphatic imine (C=N–C) groups is 1. The van der Waals surface area contributed by atoms with E-state index in [1.54, 1.807) is 0 Å². The summed E-state index contributed by atoms with van der Waals surface area (Å²) >= 11 is -1.62. The maximum absolute atomic E-state index is 5.32. The van der Waals surface area contributed by atoms with E-state index in [0.717, 1.165) is 43.0 Å². The first kappa shape index (κ1) is 34.6. The van der Waals surface area contributed by atoms with E-state index in [1.807, 2.05) is 6.61 Å². The summed E-state index contributed by atoms with van der Waals surface area (Å²) in [6, 6.07) is 39.0. The van der Waals surface area contributed by atoms with Crippen LogP contribution in [-0.2, 0) is 22.5 Å². The van der Waals surface area contributed by atoms with Gasteiger partial charge < -0.3 is 4.74 Å². The number of benzene rings is 4. The first-order valence-corrected chi connectivity index (χ1v) is 20.7. The molecular weight excluding hydrogens is 642 g/mol. The first-order chi connectivity index (χ1) is 20.4. The molecule has 0 spiro atoms. The number of amidine groups is 1. The van der Waals surface area contributed by atoms with Crippen molar-refractivity contribution in [3.05, 3.63) is 132 Å². The molecule has 4 aromatic carbocycles. The van der Waals surface area contributed by atoms with Gasteiger partial charge in [0.2, 0.25) is 0 Å². The molecule has 0 atom stereocenters. The predicted molar refractivity (Wildman–Crippen MR) is 183 cm³/mol. The van der Waals surface area contributed by atoms with Gasteiger partial charge >= 0.3 is 41.5 Å². The normalized spacial score (nSPS) is 12.8. The van der Waals surface area contributed by atoms with Crippen LogP contribution in [-0.4, -0.2) is 24.2 Å². The molecule has 4 aromatic rings. The number of nitrogens with zero attached hydrogens (tertiary/aromatic N) is 2. The van der Waals surface area contributed by atoms with Crippen LogP contribution in [0.1, 0.15) is 42.9 Å². The molecule has 42 heavy (non-hydrogen) atoms. The van der Waals surface area contributed by atoms with Crippen LogP contribution in [0.4, 0.5) is 5.69 Å². The number of hydrogen-bond donors (Lipinski definition) is 0. The standard InChI is InChI=1S/C30H31N2P.C4H7O.3ClH.Cr/c1-4-13-25-14-11-12-19-29(25)31-30(26-22-20-24(2)21-23-26)32(3)33(27-15-7-5-8-16-27)28-17-9-6-10-18-28;1-2-4-5-3-1;;;;/h5-12,14-23H,4,13H2,1-3H3;3H,1-2,4H2;3*1H;/q;-1;;;;+4/p-2. The van der Waals surface area contributed by atoms with Crippen molar-refractivity contribution in [2.45, 2.75) is 39.5 Å². The first-order valence-electron chi connectivity index (χ1n) is 14.0. The van der Waals surface area contributed by atoms with Gasteiger partial charge in [0.1, 0.15) is 10.6 Å². The third-order valence-electron chi connectivity index (χ3n) is 6.50. The average Bonchev–Trinajstić information content (AvgIpc) is 3.59. The van der Waals surface area contributed by atoms with Crippen LogP contribution in [0, 0.1) is 13.5 Å². The van der Waals surface area contributed by atoms with E-state index in [-0.39, 0.29) is 0 Å². The zero-order chi connectivity index (χ0) is 30.2. The van der Waals surface area contributed by atoms with E-state index in [4.69, 9.17) is 39.9 Å². The molecule has 1 fully saturated rings. The molecule has 0 bridgehead atoms. The van der Waals surface area contributed by atoms with Crippen molar-refractivity contribution in [3.8, 4) is 0 Å². The van der Waals surface area contributed by atoms with Crippen molar-refractivity contribution in [3.63, 3.8) is 0 Å². The van der Waals surface area contributed by atoms with Crippen LogP contribution in [0.2, 0.25) is 0 Å². The quantitative estimate of drug-likeness (QED) is 0.0841. The third-order valence-corrected chi connectivity index (χ3v) is 9.14. The summed E-state index contributed by atoms with van der Waals surface area (Å²) in [5.74, 6) is 1.01. The second-order valence-electron chi connectivity index (χ2n) is 9.67. The average molecular weight is 681 g/mol. The van der Waals surface area contributed by atoms with Crippen molar-refractivity contribution in [2.75, 3.05) is 13.7 Å². The van der Waals surface area contributed by atoms with Gasteiger partial charge in [0.25, 0.3) is 0 Å². The molecule has 0 aromatic heterocycles. The molecule has 0 amide bonds. The Balaban J connectivity index is 0.000000464. The molecule has 1 saturated heterocycles. The molecule has 3 nitrogen and oxygen atoms in total. The number of rotatable bonds is 7. The summed E-state index contributed by atoms with van der Waals surface area (Å²) in [6.07, 6.45) is 4.51. The molecule has 0 radical (unpaired) electrons. The number of ether oxygens (including phenoxy) is 1. The molecule has 1 heterocycles. The Kier molecular flexibility index (Phi) is 16.0. The summed E-state index contributed by atoms with van der Waals surface area (Å²) < 4.78 is 7.24. The Bertz CT molecular complexity index is 1290. The monoisotopic (exact) mass is 679 g/mol. The summed E-state index contributed by atoms with van der Waals surface area (Å²) in [7, 11) is 15.7. The van der Waals surface area contributed by atoms with Gasteiger partial charge in [-0.2, -0.15) is 6.42 Å². The second kappa shape index (κ2) is 19.4. The van der Waals surface area contributed by atoms with Gasteiger partial charge in [-0.1, -0.05) is 104 Å². The molecular formula is C34H39Cl3CrN2OP+. The molecule has 0 N–H and O–H groups in total. The fraction of sp³-hybridized carbons (Fsp3) is 0.235. The van der Waals surface area contributed by atoms with Gasteiger partial charge in [0.15, 0.2) is 13.9 Å². The minimum absolute atomic E-state index is 0.944. The SMILES string of the molecule is CCCc1ccccc1N=C(c1ccc(C)cc1)N(C)[PH+](c1ccccc1)c1ccccc1.[CH-]1CCCO1.[Cl][Cr+]([Cl])[Cl]. The Morgan fingerprint density at radius 1 is 0.857 bits per heavy atom. The van der Waals surface area contributed by atoms with Gasteiger partial charge in [-0.3, -0.25) is 0 Å². The van der Waals surface area contributed by atoms with Gasteiger partial charge in [0, 0.05) is 19.2 Å². The van der Waals surface area contributed by atoms with Crippen molar-refractivity contribution in [1.82, 2.24) is 4.67 Å². The van der Waals surface area contributed by atoms with E-state index in [9.17, 15) is 0 Å². The van der Waals surface area contributed by atoms with Gasteiger partial charge in [0.05, 0.1) is 5.69 Å². The van der Waals surface area contributed by atoms with E-state index in [0.29, 0.717) is 0 Å². The van der Waals surface area contributed by atoms with Gasteiger partial charge in [-0.15, -0.1) is 0 Å². The zero-order valence-electron chi connectivity index (χ0n) is 24.4. The van der Waals surface area contributed by atoms with E-state index < -0.39 is 19.5 Å². The van der Waals surface area contributed by atoms with E-state index in [1.165, 1.54) is 28.2 Å². The summed E-state index contributed by atoms with van der Waals surface area (Å²) in [4.78, 5) is 5.32. The van der Waals surface area contributed by atoms with Crippen LogP contribution in [0.25, 0.3) is 0 Å². The molecule has 0 aliphatic carbocycles. The molecule has 1 aliphatic rings. The van der Waals surface area contributed by atoms with Gasteiger partial charge in [-0.25, -0.2) is 16.3 Å². The minimum atomic E-state index is -1.62. The number of aryl methyl sites for hydroxylation is 2. The van der Waals surface area contributed by atoms with Crippen LogP contribution in [0.5, 0.6) is 0 Å². The summed E-state index contributed by atoms with van der Waals surface area (Å²) in [6.45, 7) is 7.16. The Morgan fingerprint density at radius 2 is 1.40 bits per heavy atom. The maximum atomic E-state index is 5.32. The van der Waals surface area contributed by atoms with Crippen LogP contribution < -0.4 is 10.6 Å². The molecule has 8 heteroatoms. The summed E-state index contributed by atoms with van der Waals surface area (Å²) in [5.41, 5.74) is 4.75. The molecule has 1 aliphatic heterocycles. The Hall–Kier alpha value is -1.86. The van der Waals surface area contributed by atoms with Crippen molar-refractivity contribution >= 4 is 60.4 Å². The van der Waals surface area contributed by atoms with E-state index >= 15 is 0 Å². The van der Waals surface area contributed by atoms with Crippen LogP contribution in [0.15, 0.2) is 114 Å². The fourth-order valence-electron chi connectivity index (χ4n) is 4.52.